The predicted molar refractivity (Wildman–Crippen MR) is 72.2 cm³/mol. The Morgan fingerprint density at radius 2 is 2.17 bits per heavy atom. The molecule has 18 heavy (non-hydrogen) atoms. The molecule has 0 radical (unpaired) electrons. The van der Waals surface area contributed by atoms with E-state index in [4.69, 9.17) is 5.73 Å². The Bertz CT molecular complexity index is 573. The highest BCUT2D eigenvalue weighted by molar-refractivity contribution is 5.88. The Balaban J connectivity index is 2.42. The van der Waals surface area contributed by atoms with E-state index in [2.05, 4.69) is 15.3 Å². The normalized spacial score (nSPS) is 13.1. The van der Waals surface area contributed by atoms with Crippen LogP contribution in [0.5, 0.6) is 0 Å². The first kappa shape index (κ1) is 12.6. The van der Waals surface area contributed by atoms with Crippen molar-refractivity contribution in [2.45, 2.75) is 19.9 Å². The summed E-state index contributed by atoms with van der Waals surface area (Å²) >= 11 is 0. The van der Waals surface area contributed by atoms with Gasteiger partial charge in [-0.05, 0) is 24.7 Å². The number of nitrogens with zero attached hydrogens (tertiary/aromatic N) is 1. The SMILES string of the molecule is CN[C@H](C(=O)C(C)C)c1ccc2nc(N)[nH]c2c1. The van der Waals surface area contributed by atoms with E-state index >= 15 is 0 Å². The van der Waals surface area contributed by atoms with Crippen LogP contribution in [0.25, 0.3) is 11.0 Å². The number of Topliss-reactive ketones (excluding diaryl/α,β-unsaturated/α-hetero) is 1. The van der Waals surface area contributed by atoms with Crippen LogP contribution in [0.2, 0.25) is 0 Å². The van der Waals surface area contributed by atoms with Gasteiger partial charge in [-0.1, -0.05) is 19.9 Å². The second-order valence-electron chi connectivity index (χ2n) is 4.68. The van der Waals surface area contributed by atoms with Gasteiger partial charge in [0.05, 0.1) is 17.1 Å². The number of hydrogen-bond donors (Lipinski definition) is 3. The van der Waals surface area contributed by atoms with Gasteiger partial charge < -0.3 is 16.0 Å². The quantitative estimate of drug-likeness (QED) is 0.765. The lowest BCUT2D eigenvalue weighted by Crippen LogP contribution is -2.28. The predicted octanol–water partition coefficient (Wildman–Crippen LogP) is 1.63. The molecule has 96 valence electrons. The third-order valence-corrected chi connectivity index (χ3v) is 3.00. The molecule has 0 unspecified atom stereocenters. The lowest BCUT2D eigenvalue weighted by molar-refractivity contribution is -0.124. The summed E-state index contributed by atoms with van der Waals surface area (Å²) in [5.74, 6) is 0.549. The van der Waals surface area contributed by atoms with Crippen molar-refractivity contribution in [3.63, 3.8) is 0 Å². The largest absolute Gasteiger partial charge is 0.369 e. The maximum Gasteiger partial charge on any atom is 0.198 e. The summed E-state index contributed by atoms with van der Waals surface area (Å²) in [6.07, 6.45) is 0. The first-order chi connectivity index (χ1) is 8.52. The molecule has 1 heterocycles. The Kier molecular flexibility index (Phi) is 3.34. The number of anilines is 1. The molecule has 0 aliphatic rings. The number of imidazole rings is 1. The number of H-pyrrole nitrogens is 1. The number of fused-ring (bicyclic) bond motifs is 1. The third-order valence-electron chi connectivity index (χ3n) is 3.00. The number of nitrogens with one attached hydrogen (secondary N) is 2. The number of nitrogens with two attached hydrogens (primary N) is 1. The number of carbonyl (C=O) groups is 1. The van der Waals surface area contributed by atoms with Crippen molar-refractivity contribution in [1.29, 1.82) is 0 Å². The molecular formula is C13H18N4O. The first-order valence-electron chi connectivity index (χ1n) is 5.99. The average Bonchev–Trinajstić information content (AvgIpc) is 2.69. The molecule has 0 amide bonds. The molecule has 5 heteroatoms. The van der Waals surface area contributed by atoms with Gasteiger partial charge in [0.25, 0.3) is 0 Å². The lowest BCUT2D eigenvalue weighted by Gasteiger charge is -2.17. The number of ketones is 1. The Hall–Kier alpha value is -1.88. The molecule has 0 fully saturated rings. The van der Waals surface area contributed by atoms with E-state index in [0.717, 1.165) is 16.6 Å². The van der Waals surface area contributed by atoms with Gasteiger partial charge in [-0.2, -0.15) is 0 Å². The number of aromatic nitrogens is 2. The minimum atomic E-state index is -0.293. The first-order valence-corrected chi connectivity index (χ1v) is 5.99. The summed E-state index contributed by atoms with van der Waals surface area (Å²) in [4.78, 5) is 19.2. The lowest BCUT2D eigenvalue weighted by atomic mass is 9.95. The zero-order valence-corrected chi connectivity index (χ0v) is 10.8. The van der Waals surface area contributed by atoms with Crippen LogP contribution in [0.15, 0.2) is 18.2 Å². The summed E-state index contributed by atoms with van der Waals surface area (Å²) in [5.41, 5.74) is 8.19. The van der Waals surface area contributed by atoms with Crippen LogP contribution in [0.1, 0.15) is 25.5 Å². The molecule has 0 bridgehead atoms. The minimum Gasteiger partial charge on any atom is -0.369 e. The van der Waals surface area contributed by atoms with E-state index < -0.39 is 0 Å². The van der Waals surface area contributed by atoms with Crippen LogP contribution < -0.4 is 11.1 Å². The van der Waals surface area contributed by atoms with Crippen molar-refractivity contribution in [2.75, 3.05) is 12.8 Å². The molecular weight excluding hydrogens is 228 g/mol. The average molecular weight is 246 g/mol. The zero-order valence-electron chi connectivity index (χ0n) is 10.8. The van der Waals surface area contributed by atoms with Crippen molar-refractivity contribution >= 4 is 22.8 Å². The molecule has 2 aromatic rings. The van der Waals surface area contributed by atoms with E-state index in [0.29, 0.717) is 5.95 Å². The Morgan fingerprint density at radius 3 is 2.78 bits per heavy atom. The Labute approximate surface area is 106 Å². The third kappa shape index (κ3) is 2.22. The summed E-state index contributed by atoms with van der Waals surface area (Å²) < 4.78 is 0. The molecule has 1 atom stereocenters. The van der Waals surface area contributed by atoms with E-state index in [9.17, 15) is 4.79 Å². The standard InChI is InChI=1S/C13H18N4O/c1-7(2)12(18)11(15-3)8-4-5-9-10(6-8)17-13(14)16-9/h4-7,11,15H,1-3H3,(H3,14,16,17)/t11-/m0/s1. The fourth-order valence-electron chi connectivity index (χ4n) is 2.03. The molecule has 5 nitrogen and oxygen atoms in total. The van der Waals surface area contributed by atoms with Crippen LogP contribution in [-0.4, -0.2) is 22.8 Å². The highest BCUT2D eigenvalue weighted by Crippen LogP contribution is 2.22. The maximum absolute atomic E-state index is 12.1. The molecule has 0 saturated carbocycles. The van der Waals surface area contributed by atoms with Gasteiger partial charge in [0.1, 0.15) is 0 Å². The number of carbonyl (C=O) groups excluding carboxylic acids is 1. The summed E-state index contributed by atoms with van der Waals surface area (Å²) in [7, 11) is 1.79. The van der Waals surface area contributed by atoms with Crippen molar-refractivity contribution in [3.05, 3.63) is 23.8 Å². The smallest absolute Gasteiger partial charge is 0.198 e. The second kappa shape index (κ2) is 4.78. The van der Waals surface area contributed by atoms with Crippen LogP contribution in [0, 0.1) is 5.92 Å². The van der Waals surface area contributed by atoms with Crippen molar-refractivity contribution in [1.82, 2.24) is 15.3 Å². The van der Waals surface area contributed by atoms with E-state index in [1.165, 1.54) is 0 Å². The summed E-state index contributed by atoms with van der Waals surface area (Å²) in [6, 6.07) is 5.40. The van der Waals surface area contributed by atoms with Gasteiger partial charge in [0, 0.05) is 5.92 Å². The van der Waals surface area contributed by atoms with Crippen molar-refractivity contribution in [2.24, 2.45) is 5.92 Å². The zero-order chi connectivity index (χ0) is 13.3. The highest BCUT2D eigenvalue weighted by atomic mass is 16.1. The second-order valence-corrected chi connectivity index (χ2v) is 4.68. The maximum atomic E-state index is 12.1. The highest BCUT2D eigenvalue weighted by Gasteiger charge is 2.21. The van der Waals surface area contributed by atoms with E-state index in [1.54, 1.807) is 7.05 Å². The number of aromatic amines is 1. The topological polar surface area (TPSA) is 83.8 Å². The monoisotopic (exact) mass is 246 g/mol. The molecule has 4 N–H and O–H groups in total. The van der Waals surface area contributed by atoms with Crippen LogP contribution in [0.3, 0.4) is 0 Å². The van der Waals surface area contributed by atoms with Crippen molar-refractivity contribution in [3.8, 4) is 0 Å². The number of hydrogen-bond acceptors (Lipinski definition) is 4. The minimum absolute atomic E-state index is 0.00927. The van der Waals surface area contributed by atoms with Gasteiger partial charge in [0.15, 0.2) is 11.7 Å². The van der Waals surface area contributed by atoms with Gasteiger partial charge >= 0.3 is 0 Å². The van der Waals surface area contributed by atoms with Gasteiger partial charge in [-0.25, -0.2) is 4.98 Å². The molecule has 0 spiro atoms. The molecule has 1 aromatic heterocycles. The van der Waals surface area contributed by atoms with Crippen molar-refractivity contribution < 1.29 is 4.79 Å². The van der Waals surface area contributed by atoms with E-state index in [1.807, 2.05) is 32.0 Å². The van der Waals surface area contributed by atoms with Crippen LogP contribution in [-0.2, 0) is 4.79 Å². The molecule has 2 rings (SSSR count). The number of benzene rings is 1. The molecule has 0 saturated heterocycles. The number of rotatable bonds is 4. The molecule has 0 aliphatic carbocycles. The van der Waals surface area contributed by atoms with Gasteiger partial charge in [-0.3, -0.25) is 4.79 Å². The summed E-state index contributed by atoms with van der Waals surface area (Å²) in [5, 5.41) is 3.06. The fraction of sp³-hybridized carbons (Fsp3) is 0.385. The summed E-state index contributed by atoms with van der Waals surface area (Å²) in [6.45, 7) is 3.80. The molecule has 1 aromatic carbocycles. The number of likely N-dealkylation sites (N-methyl/N-ethyl adjacent to an activating group) is 1. The Morgan fingerprint density at radius 1 is 1.44 bits per heavy atom. The fourth-order valence-corrected chi connectivity index (χ4v) is 2.03. The van der Waals surface area contributed by atoms with Crippen LogP contribution >= 0.6 is 0 Å². The van der Waals surface area contributed by atoms with E-state index in [-0.39, 0.29) is 17.7 Å². The van der Waals surface area contributed by atoms with Gasteiger partial charge in [0.2, 0.25) is 0 Å². The number of nitrogen functional groups attached to an aromatic ring is 1. The van der Waals surface area contributed by atoms with Crippen LogP contribution in [0.4, 0.5) is 5.95 Å². The molecule has 0 aliphatic heterocycles. The van der Waals surface area contributed by atoms with Gasteiger partial charge in [-0.15, -0.1) is 0 Å².